The van der Waals surface area contributed by atoms with Gasteiger partial charge in [0.25, 0.3) is 11.6 Å². The van der Waals surface area contributed by atoms with Gasteiger partial charge >= 0.3 is 5.97 Å². The first-order chi connectivity index (χ1) is 16.0. The van der Waals surface area contributed by atoms with E-state index in [0.29, 0.717) is 30.3 Å². The third kappa shape index (κ3) is 5.13. The Kier molecular flexibility index (Phi) is 6.26. The molecule has 3 aromatic rings. The van der Waals surface area contributed by atoms with Crippen molar-refractivity contribution >= 4 is 23.8 Å². The fraction of sp³-hybridized carbons (Fsp3) is 0.0870. The zero-order valence-corrected chi connectivity index (χ0v) is 17.1. The van der Waals surface area contributed by atoms with Crippen LogP contribution in [0, 0.1) is 10.1 Å². The maximum absolute atomic E-state index is 12.4. The molecule has 1 heterocycles. The van der Waals surface area contributed by atoms with Crippen molar-refractivity contribution in [3.63, 3.8) is 0 Å². The highest BCUT2D eigenvalue weighted by molar-refractivity contribution is 5.96. The van der Waals surface area contributed by atoms with Gasteiger partial charge in [-0.05, 0) is 36.4 Å². The summed E-state index contributed by atoms with van der Waals surface area (Å²) in [4.78, 5) is 35.4. The van der Waals surface area contributed by atoms with Gasteiger partial charge in [0.1, 0.15) is 19.0 Å². The monoisotopic (exact) mass is 447 g/mol. The number of hydrogen-bond acceptors (Lipinski definition) is 8. The van der Waals surface area contributed by atoms with Crippen LogP contribution in [0.25, 0.3) is 0 Å². The second-order valence-electron chi connectivity index (χ2n) is 6.79. The molecule has 10 nitrogen and oxygen atoms in total. The van der Waals surface area contributed by atoms with Crippen LogP contribution >= 0.6 is 0 Å². The highest BCUT2D eigenvalue weighted by Gasteiger charge is 2.16. The van der Waals surface area contributed by atoms with Crippen molar-refractivity contribution in [3.05, 3.63) is 93.5 Å². The minimum absolute atomic E-state index is 0.0479. The predicted octanol–water partition coefficient (Wildman–Crippen LogP) is 3.35. The average Bonchev–Trinajstić information content (AvgIpc) is 2.85. The summed E-state index contributed by atoms with van der Waals surface area (Å²) in [5.41, 5.74) is 2.84. The lowest BCUT2D eigenvalue weighted by atomic mass is 10.2. The van der Waals surface area contributed by atoms with Crippen LogP contribution in [-0.2, 0) is 0 Å². The van der Waals surface area contributed by atoms with E-state index in [1.165, 1.54) is 24.3 Å². The molecular weight excluding hydrogens is 430 g/mol. The summed E-state index contributed by atoms with van der Waals surface area (Å²) in [6.45, 7) is 0.816. The lowest BCUT2D eigenvalue weighted by Gasteiger charge is -2.18. The van der Waals surface area contributed by atoms with E-state index in [1.807, 2.05) is 0 Å². The second kappa shape index (κ2) is 9.60. The molecule has 0 saturated heterocycles. The Labute approximate surface area is 187 Å². The van der Waals surface area contributed by atoms with Gasteiger partial charge in [-0.25, -0.2) is 10.2 Å². The molecule has 0 radical (unpaired) electrons. The molecule has 0 bridgehead atoms. The SMILES string of the molecule is O=C(N/N=C/c1cc([N+](=O)[O-])ccc1OC(=O)c1ccccc1)c1ccc2c(c1)OCCO2. The summed E-state index contributed by atoms with van der Waals surface area (Å²) in [5.74, 6) is -0.128. The zero-order chi connectivity index (χ0) is 23.2. The van der Waals surface area contributed by atoms with Gasteiger partial charge in [0.05, 0.1) is 16.7 Å². The lowest BCUT2D eigenvalue weighted by Crippen LogP contribution is -2.19. The molecular formula is C23H17N3O7. The normalized spacial score (nSPS) is 12.2. The molecule has 4 rings (SSSR count). The summed E-state index contributed by atoms with van der Waals surface area (Å²) in [6, 6.07) is 16.7. The van der Waals surface area contributed by atoms with Crippen molar-refractivity contribution in [2.24, 2.45) is 5.10 Å². The predicted molar refractivity (Wildman–Crippen MR) is 117 cm³/mol. The fourth-order valence-electron chi connectivity index (χ4n) is 2.99. The molecule has 0 saturated carbocycles. The first-order valence-corrected chi connectivity index (χ1v) is 9.80. The van der Waals surface area contributed by atoms with Crippen LogP contribution in [0.5, 0.6) is 17.2 Å². The standard InChI is InChI=1S/C23H17N3O7/c27-22(16-6-8-20-21(13-16)32-11-10-31-20)25-24-14-17-12-18(26(29)30)7-9-19(17)33-23(28)15-4-2-1-3-5-15/h1-9,12-14H,10-11H2,(H,25,27)/b24-14+. The van der Waals surface area contributed by atoms with Crippen molar-refractivity contribution in [1.29, 1.82) is 0 Å². The molecule has 0 aliphatic carbocycles. The molecule has 1 aliphatic heterocycles. The number of carbonyl (C=O) groups excluding carboxylic acids is 2. The quantitative estimate of drug-likeness (QED) is 0.202. The van der Waals surface area contributed by atoms with Gasteiger partial charge in [-0.1, -0.05) is 18.2 Å². The number of nitrogens with zero attached hydrogens (tertiary/aromatic N) is 2. The number of hydrogen-bond donors (Lipinski definition) is 1. The highest BCUT2D eigenvalue weighted by Crippen LogP contribution is 2.30. The van der Waals surface area contributed by atoms with E-state index in [4.69, 9.17) is 14.2 Å². The summed E-state index contributed by atoms with van der Waals surface area (Å²) in [5, 5.41) is 15.0. The van der Waals surface area contributed by atoms with Gasteiger partial charge in [0.15, 0.2) is 11.5 Å². The number of nitrogens with one attached hydrogen (secondary N) is 1. The van der Waals surface area contributed by atoms with Crippen molar-refractivity contribution in [2.45, 2.75) is 0 Å². The number of amides is 1. The average molecular weight is 447 g/mol. The number of carbonyl (C=O) groups is 2. The van der Waals surface area contributed by atoms with Gasteiger partial charge in [-0.15, -0.1) is 0 Å². The molecule has 33 heavy (non-hydrogen) atoms. The highest BCUT2D eigenvalue weighted by atomic mass is 16.6. The van der Waals surface area contributed by atoms with E-state index < -0.39 is 16.8 Å². The van der Waals surface area contributed by atoms with Crippen LogP contribution in [-0.4, -0.2) is 36.2 Å². The Morgan fingerprint density at radius 1 is 0.970 bits per heavy atom. The lowest BCUT2D eigenvalue weighted by molar-refractivity contribution is -0.384. The number of esters is 1. The Morgan fingerprint density at radius 2 is 1.73 bits per heavy atom. The molecule has 0 atom stereocenters. The van der Waals surface area contributed by atoms with Crippen molar-refractivity contribution < 1.29 is 28.7 Å². The van der Waals surface area contributed by atoms with Gasteiger partial charge < -0.3 is 14.2 Å². The summed E-state index contributed by atoms with van der Waals surface area (Å²) >= 11 is 0. The van der Waals surface area contributed by atoms with Crippen molar-refractivity contribution in [2.75, 3.05) is 13.2 Å². The zero-order valence-electron chi connectivity index (χ0n) is 17.1. The Bertz CT molecular complexity index is 1240. The summed E-state index contributed by atoms with van der Waals surface area (Å²) in [7, 11) is 0. The largest absolute Gasteiger partial charge is 0.486 e. The number of rotatable bonds is 6. The van der Waals surface area contributed by atoms with Gasteiger partial charge in [0, 0.05) is 23.3 Å². The summed E-state index contributed by atoms with van der Waals surface area (Å²) < 4.78 is 16.3. The van der Waals surface area contributed by atoms with Crippen LogP contribution in [0.3, 0.4) is 0 Å². The van der Waals surface area contributed by atoms with E-state index in [1.54, 1.807) is 42.5 Å². The van der Waals surface area contributed by atoms with Crippen LogP contribution in [0.2, 0.25) is 0 Å². The molecule has 0 spiro atoms. The van der Waals surface area contributed by atoms with E-state index in [9.17, 15) is 19.7 Å². The minimum Gasteiger partial charge on any atom is -0.486 e. The first-order valence-electron chi connectivity index (χ1n) is 9.80. The number of nitro benzene ring substituents is 1. The topological polar surface area (TPSA) is 129 Å². The molecule has 166 valence electrons. The molecule has 1 amide bonds. The Hall–Kier alpha value is -4.73. The first kappa shape index (κ1) is 21.5. The Morgan fingerprint density at radius 3 is 2.48 bits per heavy atom. The molecule has 0 aromatic heterocycles. The number of fused-ring (bicyclic) bond motifs is 1. The van der Waals surface area contributed by atoms with Gasteiger partial charge in [-0.2, -0.15) is 5.10 Å². The molecule has 0 fully saturated rings. The maximum Gasteiger partial charge on any atom is 0.343 e. The van der Waals surface area contributed by atoms with E-state index in [-0.39, 0.29) is 22.6 Å². The minimum atomic E-state index is -0.639. The molecule has 3 aromatic carbocycles. The van der Waals surface area contributed by atoms with Crippen molar-refractivity contribution in [3.8, 4) is 17.2 Å². The summed E-state index contributed by atoms with van der Waals surface area (Å²) in [6.07, 6.45) is 1.16. The molecule has 10 heteroatoms. The number of nitro groups is 1. The van der Waals surface area contributed by atoms with Crippen LogP contribution in [0.1, 0.15) is 26.3 Å². The van der Waals surface area contributed by atoms with Crippen molar-refractivity contribution in [1.82, 2.24) is 5.43 Å². The smallest absolute Gasteiger partial charge is 0.343 e. The maximum atomic E-state index is 12.4. The third-order valence-corrected chi connectivity index (χ3v) is 4.59. The van der Waals surface area contributed by atoms with Gasteiger partial charge in [-0.3, -0.25) is 14.9 Å². The van der Waals surface area contributed by atoms with E-state index in [0.717, 1.165) is 6.21 Å². The third-order valence-electron chi connectivity index (χ3n) is 4.59. The van der Waals surface area contributed by atoms with E-state index >= 15 is 0 Å². The molecule has 1 N–H and O–H groups in total. The number of non-ortho nitro benzene ring substituents is 1. The number of ether oxygens (including phenoxy) is 3. The molecule has 0 unspecified atom stereocenters. The van der Waals surface area contributed by atoms with Crippen LogP contribution in [0.4, 0.5) is 5.69 Å². The Balaban J connectivity index is 1.52. The van der Waals surface area contributed by atoms with Crippen LogP contribution in [0.15, 0.2) is 71.8 Å². The molecule has 1 aliphatic rings. The fourth-order valence-corrected chi connectivity index (χ4v) is 2.99. The van der Waals surface area contributed by atoms with Crippen LogP contribution < -0.4 is 19.6 Å². The van der Waals surface area contributed by atoms with Gasteiger partial charge in [0.2, 0.25) is 0 Å². The second-order valence-corrected chi connectivity index (χ2v) is 6.79. The number of hydrazone groups is 1. The van der Waals surface area contributed by atoms with E-state index in [2.05, 4.69) is 10.5 Å². The number of benzene rings is 3.